The molecule has 11 aromatic rings. The molecule has 0 heterocycles. The Balaban J connectivity index is 1.03. The maximum absolute atomic E-state index is 2.49. The third-order valence-corrected chi connectivity index (χ3v) is 15.2. The Labute approximate surface area is 405 Å². The highest BCUT2D eigenvalue weighted by molar-refractivity contribution is 5.99. The van der Waals surface area contributed by atoms with Crippen LogP contribution in [-0.4, -0.2) is 0 Å². The van der Waals surface area contributed by atoms with Crippen LogP contribution in [0, 0.1) is 0 Å². The Morgan fingerprint density at radius 1 is 0.261 bits per heavy atom. The molecule has 0 aliphatic heterocycles. The van der Waals surface area contributed by atoms with Crippen molar-refractivity contribution < 1.29 is 0 Å². The van der Waals surface area contributed by atoms with Crippen LogP contribution in [-0.2, 0) is 10.8 Å². The fourth-order valence-electron chi connectivity index (χ4n) is 12.0. The van der Waals surface area contributed by atoms with E-state index in [4.69, 9.17) is 0 Å². The first kappa shape index (κ1) is 40.7. The molecular formula is C68H49N. The third-order valence-electron chi connectivity index (χ3n) is 15.2. The monoisotopic (exact) mass is 879 g/mol. The molecule has 2 aliphatic carbocycles. The second-order valence-corrected chi connectivity index (χ2v) is 19.2. The molecular weight excluding hydrogens is 831 g/mol. The van der Waals surface area contributed by atoms with Crippen LogP contribution in [0.4, 0.5) is 17.1 Å². The highest BCUT2D eigenvalue weighted by Crippen LogP contribution is 2.62. The van der Waals surface area contributed by atoms with E-state index in [1.54, 1.807) is 0 Å². The van der Waals surface area contributed by atoms with Gasteiger partial charge in [0.2, 0.25) is 0 Å². The largest absolute Gasteiger partial charge is 0.310 e. The molecule has 0 unspecified atom stereocenters. The average molecular weight is 880 g/mol. The number of hydrogen-bond acceptors (Lipinski definition) is 1. The summed E-state index contributed by atoms with van der Waals surface area (Å²) in [5.41, 5.74) is 22.9. The molecule has 0 saturated carbocycles. The van der Waals surface area contributed by atoms with E-state index < -0.39 is 5.41 Å². The van der Waals surface area contributed by atoms with Crippen molar-refractivity contribution in [3.8, 4) is 55.6 Å². The Hall–Kier alpha value is -8.52. The summed E-state index contributed by atoms with van der Waals surface area (Å²) >= 11 is 0. The summed E-state index contributed by atoms with van der Waals surface area (Å²) < 4.78 is 0. The SMILES string of the molecule is CC1(C)c2ccccc2C2(c3ccccc3-c3cc(N(c4ccc(-c5ccc6ccccc6c5)cc4)c4ccccc4-c4ccccc4-c4ccccc4-c4ccccc4)ccc32)c2ccccc21. The van der Waals surface area contributed by atoms with Gasteiger partial charge in [0.15, 0.2) is 0 Å². The second kappa shape index (κ2) is 16.1. The zero-order chi connectivity index (χ0) is 46.1. The molecule has 326 valence electrons. The number of para-hydroxylation sites is 1. The minimum atomic E-state index is -0.470. The molecule has 1 spiro atoms. The van der Waals surface area contributed by atoms with Gasteiger partial charge in [-0.1, -0.05) is 238 Å². The van der Waals surface area contributed by atoms with Gasteiger partial charge in [0, 0.05) is 22.4 Å². The summed E-state index contributed by atoms with van der Waals surface area (Å²) in [7, 11) is 0. The van der Waals surface area contributed by atoms with E-state index in [1.165, 1.54) is 94.2 Å². The number of hydrogen-bond donors (Lipinski definition) is 0. The van der Waals surface area contributed by atoms with Gasteiger partial charge in [-0.25, -0.2) is 0 Å². The molecule has 0 amide bonds. The van der Waals surface area contributed by atoms with Crippen LogP contribution >= 0.6 is 0 Å². The molecule has 0 N–H and O–H groups in total. The normalized spacial score (nSPS) is 13.6. The van der Waals surface area contributed by atoms with Gasteiger partial charge >= 0.3 is 0 Å². The summed E-state index contributed by atoms with van der Waals surface area (Å²) in [4.78, 5) is 2.49. The van der Waals surface area contributed by atoms with Crippen LogP contribution in [0.25, 0.3) is 66.4 Å². The first-order valence-corrected chi connectivity index (χ1v) is 24.2. The molecule has 0 saturated heterocycles. The number of benzene rings is 11. The Morgan fingerprint density at radius 3 is 1.41 bits per heavy atom. The van der Waals surface area contributed by atoms with Crippen LogP contribution in [0.1, 0.15) is 47.2 Å². The molecule has 13 rings (SSSR count). The van der Waals surface area contributed by atoms with Crippen molar-refractivity contribution >= 4 is 27.8 Å². The van der Waals surface area contributed by atoms with Gasteiger partial charge in [-0.05, 0) is 131 Å². The molecule has 0 bridgehead atoms. The first-order valence-electron chi connectivity index (χ1n) is 24.2. The number of fused-ring (bicyclic) bond motifs is 10. The van der Waals surface area contributed by atoms with Gasteiger partial charge in [0.25, 0.3) is 0 Å². The molecule has 1 nitrogen and oxygen atoms in total. The van der Waals surface area contributed by atoms with Crippen molar-refractivity contribution in [2.45, 2.75) is 24.7 Å². The fraction of sp³-hybridized carbons (Fsp3) is 0.0588. The zero-order valence-electron chi connectivity index (χ0n) is 38.8. The van der Waals surface area contributed by atoms with E-state index in [0.717, 1.165) is 22.6 Å². The van der Waals surface area contributed by atoms with E-state index in [0.29, 0.717) is 0 Å². The standard InChI is InChI=1S/C68H49N/c1-67(2)62-31-15-17-33-64(62)68(65-34-18-16-32-63(65)67)60-30-14-12-28-57(60)59-45-52(42-43-61(59)68)69(51-40-38-47(39-41-51)50-37-36-46-20-6-7-23-49(46)44-50)66-35-19-13-29-58(66)56-27-11-10-26-55(56)54-25-9-8-24-53(54)48-21-4-3-5-22-48/h3-45H,1-2H3. The van der Waals surface area contributed by atoms with E-state index in [1.807, 2.05) is 0 Å². The Kier molecular flexibility index (Phi) is 9.49. The van der Waals surface area contributed by atoms with E-state index in [-0.39, 0.29) is 5.41 Å². The molecule has 0 atom stereocenters. The first-order chi connectivity index (χ1) is 34.0. The van der Waals surface area contributed by atoms with Crippen molar-refractivity contribution in [1.82, 2.24) is 0 Å². The summed E-state index contributed by atoms with van der Waals surface area (Å²) in [6.07, 6.45) is 0. The quantitative estimate of drug-likeness (QED) is 0.154. The van der Waals surface area contributed by atoms with Crippen molar-refractivity contribution in [2.24, 2.45) is 0 Å². The summed E-state index contributed by atoms with van der Waals surface area (Å²) in [5, 5.41) is 2.49. The molecule has 0 radical (unpaired) electrons. The van der Waals surface area contributed by atoms with E-state index in [9.17, 15) is 0 Å². The molecule has 0 fully saturated rings. The zero-order valence-corrected chi connectivity index (χ0v) is 38.8. The predicted octanol–water partition coefficient (Wildman–Crippen LogP) is 18.0. The van der Waals surface area contributed by atoms with Crippen molar-refractivity contribution in [2.75, 3.05) is 4.90 Å². The summed E-state index contributed by atoms with van der Waals surface area (Å²) in [6.45, 7) is 4.78. The van der Waals surface area contributed by atoms with E-state index in [2.05, 4.69) is 280 Å². The lowest BCUT2D eigenvalue weighted by atomic mass is 9.55. The summed E-state index contributed by atoms with van der Waals surface area (Å²) in [5.74, 6) is 0. The molecule has 11 aromatic carbocycles. The number of anilines is 3. The second-order valence-electron chi connectivity index (χ2n) is 19.2. The fourth-order valence-corrected chi connectivity index (χ4v) is 12.0. The maximum atomic E-state index is 2.49. The average Bonchev–Trinajstić information content (AvgIpc) is 3.71. The smallest absolute Gasteiger partial charge is 0.0719 e. The van der Waals surface area contributed by atoms with Crippen LogP contribution in [0.2, 0.25) is 0 Å². The van der Waals surface area contributed by atoms with Crippen LogP contribution in [0.3, 0.4) is 0 Å². The van der Waals surface area contributed by atoms with Crippen LogP contribution < -0.4 is 4.90 Å². The van der Waals surface area contributed by atoms with Crippen LogP contribution in [0.5, 0.6) is 0 Å². The van der Waals surface area contributed by atoms with Crippen molar-refractivity contribution in [1.29, 1.82) is 0 Å². The third kappa shape index (κ3) is 6.31. The lowest BCUT2D eigenvalue weighted by Crippen LogP contribution is -2.40. The highest BCUT2D eigenvalue weighted by atomic mass is 15.1. The molecule has 2 aliphatic rings. The van der Waals surface area contributed by atoms with Gasteiger partial charge in [-0.3, -0.25) is 0 Å². The van der Waals surface area contributed by atoms with Gasteiger partial charge in [-0.15, -0.1) is 0 Å². The number of nitrogens with zero attached hydrogens (tertiary/aromatic N) is 1. The highest BCUT2D eigenvalue weighted by Gasteiger charge is 2.53. The lowest BCUT2D eigenvalue weighted by Gasteiger charge is -2.46. The predicted molar refractivity (Wildman–Crippen MR) is 290 cm³/mol. The molecule has 1 heteroatoms. The Bertz CT molecular complexity index is 3710. The van der Waals surface area contributed by atoms with Crippen molar-refractivity contribution in [3.63, 3.8) is 0 Å². The van der Waals surface area contributed by atoms with Gasteiger partial charge in [0.05, 0.1) is 11.1 Å². The molecule has 69 heavy (non-hydrogen) atoms. The minimum absolute atomic E-state index is 0.159. The van der Waals surface area contributed by atoms with Gasteiger partial charge in [0.1, 0.15) is 0 Å². The van der Waals surface area contributed by atoms with Crippen molar-refractivity contribution in [3.05, 3.63) is 294 Å². The lowest BCUT2D eigenvalue weighted by molar-refractivity contribution is 0.563. The van der Waals surface area contributed by atoms with E-state index >= 15 is 0 Å². The number of rotatable bonds is 7. The van der Waals surface area contributed by atoms with Gasteiger partial charge in [-0.2, -0.15) is 0 Å². The maximum Gasteiger partial charge on any atom is 0.0719 e. The van der Waals surface area contributed by atoms with Crippen LogP contribution in [0.15, 0.2) is 261 Å². The molecule has 0 aromatic heterocycles. The Morgan fingerprint density at radius 2 is 0.725 bits per heavy atom. The minimum Gasteiger partial charge on any atom is -0.310 e. The van der Waals surface area contributed by atoms with Gasteiger partial charge < -0.3 is 4.90 Å². The topological polar surface area (TPSA) is 3.24 Å². The summed E-state index contributed by atoms with van der Waals surface area (Å²) in [6, 6.07) is 96.8.